The third-order valence-electron chi connectivity index (χ3n) is 15.7. The number of benzene rings is 2. The van der Waals surface area contributed by atoms with Crippen molar-refractivity contribution in [2.75, 3.05) is 0 Å². The molecule has 14 unspecified atom stereocenters. The minimum Gasteiger partial charge on any atom is -0.481 e. The molecular weight excluding hydrogens is 1250 g/mol. The number of imidazole rings is 1. The zero-order valence-corrected chi connectivity index (χ0v) is 53.6. The number of carboxylic acids is 1. The first-order valence-corrected chi connectivity index (χ1v) is 31.3. The molecule has 0 spiro atoms. The smallest absolute Gasteiger partial charge is 0.311 e. The van der Waals surface area contributed by atoms with Crippen LogP contribution in [0.25, 0.3) is 0 Å². The van der Waals surface area contributed by atoms with E-state index in [0.717, 1.165) is 11.1 Å². The van der Waals surface area contributed by atoms with Crippen molar-refractivity contribution in [2.24, 2.45) is 23.5 Å². The van der Waals surface area contributed by atoms with Crippen LogP contribution in [0.5, 0.6) is 0 Å². The number of nitrogens with zero attached hydrogens (tertiary/aromatic N) is 2. The molecule has 6 rings (SSSR count). The van der Waals surface area contributed by atoms with E-state index in [1.165, 1.54) is 13.0 Å². The van der Waals surface area contributed by atoms with E-state index in [-0.39, 0.29) is 44.1 Å². The topological polar surface area (TPSA) is 347 Å². The van der Waals surface area contributed by atoms with Gasteiger partial charge in [-0.05, 0) is 69.4 Å². The zero-order valence-electron chi connectivity index (χ0n) is 50.6. The summed E-state index contributed by atoms with van der Waals surface area (Å²) in [5, 5.41) is 120. The number of ether oxygens (including phenoxy) is 5. The molecule has 0 saturated carbocycles. The summed E-state index contributed by atoms with van der Waals surface area (Å²) < 4.78 is 31.2. The van der Waals surface area contributed by atoms with Crippen molar-refractivity contribution < 1.29 is 89.4 Å². The highest BCUT2D eigenvalue weighted by molar-refractivity contribution is 6.35. The summed E-state index contributed by atoms with van der Waals surface area (Å²) >= 11 is 24.5. The molecule has 0 aliphatic carbocycles. The second-order valence-electron chi connectivity index (χ2n) is 23.0. The maximum atomic E-state index is 12.6. The van der Waals surface area contributed by atoms with Crippen molar-refractivity contribution in [2.45, 2.75) is 196 Å². The molecule has 13 N–H and O–H groups in total. The van der Waals surface area contributed by atoms with Crippen LogP contribution >= 0.6 is 46.4 Å². The normalized spacial score (nSPS) is 33.8. The van der Waals surface area contributed by atoms with Gasteiger partial charge in [0.05, 0.1) is 99.1 Å². The van der Waals surface area contributed by atoms with Gasteiger partial charge < -0.3 is 90.2 Å². The summed E-state index contributed by atoms with van der Waals surface area (Å²) in [5.74, 6) is -6.88. The maximum Gasteiger partial charge on any atom is 0.311 e. The zero-order chi connectivity index (χ0) is 66.2. The van der Waals surface area contributed by atoms with Crippen LogP contribution in [0.2, 0.25) is 20.1 Å². The van der Waals surface area contributed by atoms with Crippen molar-refractivity contribution >= 4 is 58.3 Å². The third kappa shape index (κ3) is 25.0. The van der Waals surface area contributed by atoms with E-state index in [9.17, 15) is 65.8 Å². The molecule has 3 aliphatic rings. The number of fused-ring (bicyclic) bond motifs is 2. The van der Waals surface area contributed by atoms with Crippen LogP contribution in [-0.2, 0) is 46.4 Å². The number of esters is 1. The summed E-state index contributed by atoms with van der Waals surface area (Å²) in [6.45, 7) is 7.63. The number of carboxylic acid groups (broad SMARTS) is 1. The summed E-state index contributed by atoms with van der Waals surface area (Å²) in [4.78, 5) is 29.1. The highest BCUT2D eigenvalue weighted by Crippen LogP contribution is 2.39. The number of hydrogen-bond donors (Lipinski definition) is 12. The molecule has 2 saturated heterocycles. The van der Waals surface area contributed by atoms with Crippen LogP contribution in [0.15, 0.2) is 140 Å². The Morgan fingerprint density at radius 1 is 0.711 bits per heavy atom. The lowest BCUT2D eigenvalue weighted by Crippen LogP contribution is -2.61. The van der Waals surface area contributed by atoms with Crippen LogP contribution < -0.4 is 5.73 Å². The second kappa shape index (κ2) is 37.9. The number of aliphatic hydroxyl groups is 10. The number of nitrogens with two attached hydrogens (primary N) is 1. The van der Waals surface area contributed by atoms with Gasteiger partial charge in [0, 0.05) is 69.1 Å². The lowest BCUT2D eigenvalue weighted by molar-refractivity contribution is -0.310. The average molecular weight is 1340 g/mol. The number of rotatable bonds is 9. The second-order valence-corrected chi connectivity index (χ2v) is 24.7. The average Bonchev–Trinajstić information content (AvgIpc) is 1.04. The molecule has 21 nitrogen and oxygen atoms in total. The van der Waals surface area contributed by atoms with Gasteiger partial charge in [-0.25, -0.2) is 4.98 Å². The Labute approximate surface area is 545 Å². The Hall–Kier alpha value is -4.67. The van der Waals surface area contributed by atoms with E-state index in [0.29, 0.717) is 33.2 Å². The van der Waals surface area contributed by atoms with Gasteiger partial charge in [-0.15, -0.1) is 0 Å². The molecule has 25 heteroatoms. The minimum absolute atomic E-state index is 0.140. The van der Waals surface area contributed by atoms with Crippen LogP contribution in [0, 0.1) is 17.8 Å². The highest BCUT2D eigenvalue weighted by atomic mass is 35.5. The van der Waals surface area contributed by atoms with Crippen LogP contribution in [0.4, 0.5) is 0 Å². The number of hydrogen-bond acceptors (Lipinski definition) is 19. The molecule has 498 valence electrons. The fourth-order valence-corrected chi connectivity index (χ4v) is 11.4. The Balaban J connectivity index is 0.000000485. The van der Waals surface area contributed by atoms with Gasteiger partial charge in [-0.3, -0.25) is 9.59 Å². The Morgan fingerprint density at radius 2 is 1.30 bits per heavy atom. The number of aromatic nitrogens is 2. The van der Waals surface area contributed by atoms with E-state index >= 15 is 0 Å². The van der Waals surface area contributed by atoms with Crippen molar-refractivity contribution in [3.63, 3.8) is 0 Å². The fourth-order valence-electron chi connectivity index (χ4n) is 10.4. The van der Waals surface area contributed by atoms with Crippen molar-refractivity contribution in [3.05, 3.63) is 171 Å². The largest absolute Gasteiger partial charge is 0.481 e. The first-order chi connectivity index (χ1) is 42.6. The van der Waals surface area contributed by atoms with E-state index < -0.39 is 141 Å². The Kier molecular flexibility index (Phi) is 32.0. The van der Waals surface area contributed by atoms with Gasteiger partial charge in [0.25, 0.3) is 0 Å². The van der Waals surface area contributed by atoms with Crippen LogP contribution in [0.3, 0.4) is 0 Å². The number of cyclic esters (lactones) is 1. The minimum atomic E-state index is -2.36. The summed E-state index contributed by atoms with van der Waals surface area (Å²) in [6, 6.07) is 9.55. The van der Waals surface area contributed by atoms with E-state index in [1.807, 2.05) is 35.9 Å². The van der Waals surface area contributed by atoms with Gasteiger partial charge >= 0.3 is 11.9 Å². The van der Waals surface area contributed by atoms with E-state index in [4.69, 9.17) is 75.8 Å². The maximum absolute atomic E-state index is 12.6. The number of aliphatic hydroxyl groups excluding tert-OH is 9. The summed E-state index contributed by atoms with van der Waals surface area (Å²) in [5.41, 5.74) is 7.72. The standard InChI is InChI=1S/C47H73NO17.C18H14Cl4N2O/c1-27-17-15-13-11-9-7-5-6-8-10-12-14-16-18-34(64-46-44(58)41(48)43(57)30(4)63-46)24-38-40(45(59)60)37(54)26-47(61,65-38)25-36(53)35(52)20-19-31(49)21-32(50)22-33(51)23-39(55)62-29(3)28(2)42(27)56;19-13-2-1-12(16(21)7-13)10-25-18(9-24-6-5-23-11-24)15-4-3-14(20)8-17(15)22/h5-18,27-38,40-44,46,49-54,56-58,61H,19-26,48H2,1-4H3,(H,59,60);1-8,11,18H,9-10H2/t27-,28-,29-,30?,31?,32?,33?,34-,35?,36?,37?,38?,40?,41?,42+,43?,44?,46?,47+;/m0./s1. The first kappa shape index (κ1) is 76.0. The monoisotopic (exact) mass is 1340 g/mol. The molecule has 0 radical (unpaired) electrons. The predicted molar refractivity (Wildman–Crippen MR) is 340 cm³/mol. The molecule has 2 bridgehead atoms. The quantitative estimate of drug-likeness (QED) is 0.0945. The molecule has 2 fully saturated rings. The molecule has 20 atom stereocenters. The highest BCUT2D eigenvalue weighted by Gasteiger charge is 2.51. The number of aliphatic carboxylic acids is 1. The van der Waals surface area contributed by atoms with E-state index in [2.05, 4.69) is 4.98 Å². The van der Waals surface area contributed by atoms with Crippen molar-refractivity contribution in [1.82, 2.24) is 9.55 Å². The van der Waals surface area contributed by atoms with Crippen molar-refractivity contribution in [1.29, 1.82) is 0 Å². The molecule has 0 amide bonds. The van der Waals surface area contributed by atoms with Gasteiger partial charge in [0.2, 0.25) is 0 Å². The number of halogens is 4. The van der Waals surface area contributed by atoms with Gasteiger partial charge in [-0.2, -0.15) is 0 Å². The summed E-state index contributed by atoms with van der Waals surface area (Å²) in [6.07, 6.45) is 8.52. The van der Waals surface area contributed by atoms with E-state index in [1.54, 1.807) is 124 Å². The van der Waals surface area contributed by atoms with Crippen molar-refractivity contribution in [3.8, 4) is 0 Å². The van der Waals surface area contributed by atoms with Gasteiger partial charge in [0.15, 0.2) is 12.1 Å². The number of allylic oxidation sites excluding steroid dienone is 12. The lowest BCUT2D eigenvalue weighted by atomic mass is 9.82. The number of carbonyl (C=O) groups is 2. The molecule has 3 aliphatic heterocycles. The van der Waals surface area contributed by atoms with Gasteiger partial charge in [0.1, 0.15) is 24.2 Å². The first-order valence-electron chi connectivity index (χ1n) is 29.8. The SMILES string of the molecule is CC1OC(O[C@H]2C=CC=CC=CC=CC=CC=CC=C[C@H](C)[C@@H](O)[C@@H](C)[C@H](C)OC(=O)CC(O)CC(O)CC(O)CCC(O)C(O)C[C@]3(O)CC(O)C(C(=O)O)C(C2)O3)C(O)C(N)C1O.Clc1ccc(COC(Cn2ccnc2)c2ccc(Cl)cc2Cl)c(Cl)c1. The summed E-state index contributed by atoms with van der Waals surface area (Å²) in [7, 11) is 0. The fraction of sp³-hybridized carbons (Fsp3) is 0.523. The van der Waals surface area contributed by atoms with Crippen LogP contribution in [-0.4, -0.2) is 175 Å². The Bertz CT molecular complexity index is 2900. The number of carbonyl (C=O) groups excluding carboxylic acids is 1. The molecule has 3 aromatic rings. The lowest BCUT2D eigenvalue weighted by Gasteiger charge is -2.45. The Morgan fingerprint density at radius 3 is 1.90 bits per heavy atom. The third-order valence-corrected chi connectivity index (χ3v) is 16.9. The molecule has 1 aromatic heterocycles. The molecule has 2 aromatic carbocycles. The van der Waals surface area contributed by atoms with Crippen LogP contribution in [0.1, 0.15) is 96.3 Å². The molecular formula is C65H87Cl4N3O18. The molecule has 4 heterocycles. The predicted octanol–water partition coefficient (Wildman–Crippen LogP) is 7.17. The molecule has 90 heavy (non-hydrogen) atoms. The van der Waals surface area contributed by atoms with Gasteiger partial charge in [-0.1, -0.05) is 157 Å².